The molecule has 2 aliphatic heterocycles. The van der Waals surface area contributed by atoms with Crippen LogP contribution in [0.15, 0.2) is 35.9 Å². The number of amides is 1. The molecular weight excluding hydrogens is 448 g/mol. The van der Waals surface area contributed by atoms with Gasteiger partial charge in [-0.3, -0.25) is 9.69 Å². The highest BCUT2D eigenvalue weighted by Gasteiger charge is 2.41. The number of nitrogens with one attached hydrogen (secondary N) is 1. The van der Waals surface area contributed by atoms with Crippen molar-refractivity contribution in [2.45, 2.75) is 25.8 Å². The molecule has 180 valence electrons. The number of rotatable bonds is 7. The van der Waals surface area contributed by atoms with Crippen LogP contribution in [0, 0.1) is 25.2 Å². The van der Waals surface area contributed by atoms with Crippen molar-refractivity contribution >= 4 is 23.7 Å². The quantitative estimate of drug-likeness (QED) is 0.484. The van der Waals surface area contributed by atoms with Crippen LogP contribution in [-0.2, 0) is 9.53 Å². The lowest BCUT2D eigenvalue weighted by atomic mass is 9.95. The van der Waals surface area contributed by atoms with Crippen LogP contribution in [0.4, 0.5) is 0 Å². The Morgan fingerprint density at radius 2 is 2.03 bits per heavy atom. The van der Waals surface area contributed by atoms with Crippen LogP contribution in [0.1, 0.15) is 23.4 Å². The van der Waals surface area contributed by atoms with Crippen molar-refractivity contribution in [3.8, 4) is 17.5 Å². The van der Waals surface area contributed by atoms with Gasteiger partial charge in [0.05, 0.1) is 20.3 Å². The summed E-state index contributed by atoms with van der Waals surface area (Å²) in [5.41, 5.74) is 3.93. The molecule has 1 N–H and O–H groups in total. The molecular formula is C26H32N4O3S. The van der Waals surface area contributed by atoms with E-state index in [1.165, 1.54) is 0 Å². The first kappa shape index (κ1) is 24.4. The van der Waals surface area contributed by atoms with E-state index < -0.39 is 0 Å². The van der Waals surface area contributed by atoms with Crippen molar-refractivity contribution < 1.29 is 14.3 Å². The number of aromatic nitrogens is 1. The molecule has 0 saturated carbocycles. The lowest BCUT2D eigenvalue weighted by molar-refractivity contribution is -0.117. The largest absolute Gasteiger partial charge is 0.497 e. The predicted octanol–water partition coefficient (Wildman–Crippen LogP) is 3.33. The molecule has 2 fully saturated rings. The third-order valence-electron chi connectivity index (χ3n) is 6.81. The number of carbonyl (C=O) groups excluding carboxylic acids is 1. The fourth-order valence-corrected chi connectivity index (χ4v) is 6.32. The zero-order valence-corrected chi connectivity index (χ0v) is 20.9. The van der Waals surface area contributed by atoms with Gasteiger partial charge in [0.25, 0.3) is 5.91 Å². The number of ether oxygens (including phenoxy) is 2. The summed E-state index contributed by atoms with van der Waals surface area (Å²) in [6.07, 6.45) is 2.73. The minimum atomic E-state index is -0.318. The molecule has 0 aliphatic carbocycles. The third-order valence-corrected chi connectivity index (χ3v) is 8.04. The first-order valence-corrected chi connectivity index (χ1v) is 12.8. The maximum absolute atomic E-state index is 13.0. The summed E-state index contributed by atoms with van der Waals surface area (Å²) < 4.78 is 12.9. The highest BCUT2D eigenvalue weighted by atomic mass is 32.2. The van der Waals surface area contributed by atoms with Gasteiger partial charge < -0.3 is 19.4 Å². The second-order valence-corrected chi connectivity index (χ2v) is 9.94. The summed E-state index contributed by atoms with van der Waals surface area (Å²) in [5.74, 6) is 2.56. The Balaban J connectivity index is 1.51. The summed E-state index contributed by atoms with van der Waals surface area (Å²) in [4.78, 5) is 15.5. The molecule has 1 atom stereocenters. The number of aryl methyl sites for hydroxylation is 1. The molecule has 1 aromatic carbocycles. The van der Waals surface area contributed by atoms with Crippen LogP contribution in [0.25, 0.3) is 11.8 Å². The van der Waals surface area contributed by atoms with Crippen molar-refractivity contribution in [2.75, 3.05) is 51.5 Å². The van der Waals surface area contributed by atoms with Crippen LogP contribution in [0.3, 0.4) is 0 Å². The lowest BCUT2D eigenvalue weighted by Crippen LogP contribution is -2.59. The molecule has 1 unspecified atom stereocenters. The van der Waals surface area contributed by atoms with Crippen LogP contribution in [0.5, 0.6) is 5.75 Å². The Bertz CT molecular complexity index is 1090. The zero-order valence-electron chi connectivity index (χ0n) is 20.1. The van der Waals surface area contributed by atoms with Crippen LogP contribution in [0.2, 0.25) is 0 Å². The van der Waals surface area contributed by atoms with E-state index >= 15 is 0 Å². The molecule has 0 spiro atoms. The van der Waals surface area contributed by atoms with E-state index in [0.717, 1.165) is 72.6 Å². The van der Waals surface area contributed by atoms with E-state index in [9.17, 15) is 10.1 Å². The minimum Gasteiger partial charge on any atom is -0.497 e. The lowest BCUT2D eigenvalue weighted by Gasteiger charge is -2.43. The number of hydrogen-bond donors (Lipinski definition) is 1. The fraction of sp³-hybridized carbons (Fsp3) is 0.462. The van der Waals surface area contributed by atoms with E-state index in [0.29, 0.717) is 6.54 Å². The van der Waals surface area contributed by atoms with Gasteiger partial charge >= 0.3 is 0 Å². The van der Waals surface area contributed by atoms with Gasteiger partial charge in [-0.25, -0.2) is 0 Å². The molecule has 34 heavy (non-hydrogen) atoms. The fourth-order valence-electron chi connectivity index (χ4n) is 4.84. The molecule has 0 bridgehead atoms. The molecule has 8 heteroatoms. The SMILES string of the molecule is COc1ccc(-n2c(C)cc(C=C(C#N)C(=O)NCC3(N4CCOCC4)CCSC3)c2C)cc1. The number of methoxy groups -OCH3 is 1. The van der Waals surface area contributed by atoms with E-state index in [4.69, 9.17) is 9.47 Å². The monoisotopic (exact) mass is 480 g/mol. The molecule has 1 aromatic heterocycles. The third kappa shape index (κ3) is 5.02. The number of nitriles is 1. The molecule has 3 heterocycles. The molecule has 4 rings (SSSR count). The maximum atomic E-state index is 13.0. The average molecular weight is 481 g/mol. The van der Waals surface area contributed by atoms with Gasteiger partial charge in [0.15, 0.2) is 0 Å². The summed E-state index contributed by atoms with van der Waals surface area (Å²) >= 11 is 1.93. The summed E-state index contributed by atoms with van der Waals surface area (Å²) in [6, 6.07) is 12.0. The van der Waals surface area contributed by atoms with Crippen LogP contribution < -0.4 is 10.1 Å². The molecule has 2 saturated heterocycles. The van der Waals surface area contributed by atoms with Crippen LogP contribution in [-0.4, -0.2) is 72.4 Å². The van der Waals surface area contributed by atoms with Crippen molar-refractivity contribution in [3.05, 3.63) is 52.9 Å². The van der Waals surface area contributed by atoms with Gasteiger partial charge in [-0.15, -0.1) is 0 Å². The second-order valence-electron chi connectivity index (χ2n) is 8.84. The van der Waals surface area contributed by atoms with Crippen LogP contribution >= 0.6 is 11.8 Å². The molecule has 2 aliphatic rings. The number of morpholine rings is 1. The zero-order chi connectivity index (χ0) is 24.1. The van der Waals surface area contributed by atoms with Crippen molar-refractivity contribution in [1.29, 1.82) is 5.26 Å². The van der Waals surface area contributed by atoms with Gasteiger partial charge in [0.1, 0.15) is 17.4 Å². The summed E-state index contributed by atoms with van der Waals surface area (Å²) in [7, 11) is 1.65. The summed E-state index contributed by atoms with van der Waals surface area (Å²) in [5, 5.41) is 12.8. The molecule has 7 nitrogen and oxygen atoms in total. The normalized spacial score (nSPS) is 21.3. The van der Waals surface area contributed by atoms with Gasteiger partial charge in [0, 0.05) is 48.0 Å². The van der Waals surface area contributed by atoms with Crippen molar-refractivity contribution in [2.24, 2.45) is 0 Å². The first-order chi connectivity index (χ1) is 16.5. The summed E-state index contributed by atoms with van der Waals surface area (Å²) in [6.45, 7) is 7.79. The Morgan fingerprint density at radius 1 is 1.29 bits per heavy atom. The highest BCUT2D eigenvalue weighted by Crippen LogP contribution is 2.33. The number of carbonyl (C=O) groups is 1. The van der Waals surface area contributed by atoms with E-state index in [-0.39, 0.29) is 17.0 Å². The van der Waals surface area contributed by atoms with Gasteiger partial charge in [-0.1, -0.05) is 0 Å². The Morgan fingerprint density at radius 3 is 2.65 bits per heavy atom. The van der Waals surface area contributed by atoms with Gasteiger partial charge in [-0.2, -0.15) is 17.0 Å². The topological polar surface area (TPSA) is 79.5 Å². The van der Waals surface area contributed by atoms with E-state index in [1.54, 1.807) is 13.2 Å². The van der Waals surface area contributed by atoms with E-state index in [2.05, 4.69) is 20.9 Å². The number of benzene rings is 1. The average Bonchev–Trinajstić information content (AvgIpc) is 3.46. The Labute approximate surface area is 205 Å². The second kappa shape index (κ2) is 10.7. The standard InChI is InChI=1S/C26H32N4O3S/c1-19-14-21(20(2)30(19)23-4-6-24(32-3)7-5-23)15-22(16-27)25(31)28-17-26(8-13-34-18-26)29-9-11-33-12-10-29/h4-7,14-15H,8-13,17-18H2,1-3H3,(H,28,31). The predicted molar refractivity (Wildman–Crippen MR) is 135 cm³/mol. The number of thioether (sulfide) groups is 1. The molecule has 0 radical (unpaired) electrons. The smallest absolute Gasteiger partial charge is 0.262 e. The first-order valence-electron chi connectivity index (χ1n) is 11.6. The minimum absolute atomic E-state index is 0.0606. The van der Waals surface area contributed by atoms with Gasteiger partial charge in [-0.05, 0) is 68.0 Å². The molecule has 2 aromatic rings. The number of nitrogens with zero attached hydrogens (tertiary/aromatic N) is 3. The Kier molecular flexibility index (Phi) is 7.67. The highest BCUT2D eigenvalue weighted by molar-refractivity contribution is 7.99. The van der Waals surface area contributed by atoms with Gasteiger partial charge in [0.2, 0.25) is 0 Å². The number of hydrogen-bond acceptors (Lipinski definition) is 6. The Hall–Kier alpha value is -2.73. The van der Waals surface area contributed by atoms with Crippen molar-refractivity contribution in [3.63, 3.8) is 0 Å². The van der Waals surface area contributed by atoms with Crippen molar-refractivity contribution in [1.82, 2.24) is 14.8 Å². The molecule has 1 amide bonds. The maximum Gasteiger partial charge on any atom is 0.262 e. The van der Waals surface area contributed by atoms with E-state index in [1.807, 2.05) is 55.9 Å².